The minimum atomic E-state index is 0.0850. The molecule has 2 heterocycles. The van der Waals surface area contributed by atoms with E-state index in [1.807, 2.05) is 4.90 Å². The molecule has 1 amide bonds. The number of carbonyl (C=O) groups excluding carboxylic acids is 1. The van der Waals surface area contributed by atoms with Gasteiger partial charge in [-0.1, -0.05) is 6.58 Å². The molecule has 78 valence electrons. The van der Waals surface area contributed by atoms with Crippen molar-refractivity contribution >= 4 is 5.91 Å². The Bertz CT molecular complexity index is 256. The molecule has 0 aromatic carbocycles. The first kappa shape index (κ1) is 9.71. The fourth-order valence-corrected chi connectivity index (χ4v) is 2.74. The molecule has 2 saturated heterocycles. The molecule has 3 heteroatoms. The third-order valence-corrected chi connectivity index (χ3v) is 3.43. The molecule has 2 rings (SSSR count). The lowest BCUT2D eigenvalue weighted by Gasteiger charge is -2.53. The third kappa shape index (κ3) is 1.57. The van der Waals surface area contributed by atoms with Crippen LogP contribution in [0, 0.1) is 5.41 Å². The largest absolute Gasteiger partial charge is 0.338 e. The highest BCUT2D eigenvalue weighted by Crippen LogP contribution is 2.40. The van der Waals surface area contributed by atoms with Gasteiger partial charge in [0.25, 0.3) is 0 Å². The maximum absolute atomic E-state index is 11.3. The second-order valence-electron chi connectivity index (χ2n) is 4.71. The molecule has 0 aromatic rings. The molecule has 1 atom stereocenters. The standard InChI is InChI=1S/C11H18N2O/c1-3-10(14)13-7-11(8-13)4-5-12-9(2)6-11/h3,9,12H,1,4-8H2,2H3/t9-/m1/s1. The molecular weight excluding hydrogens is 176 g/mol. The first-order valence-corrected chi connectivity index (χ1v) is 5.30. The summed E-state index contributed by atoms with van der Waals surface area (Å²) < 4.78 is 0. The lowest BCUT2D eigenvalue weighted by Crippen LogP contribution is -2.62. The zero-order valence-electron chi connectivity index (χ0n) is 8.75. The lowest BCUT2D eigenvalue weighted by molar-refractivity contribution is -0.140. The molecule has 2 fully saturated rings. The highest BCUT2D eigenvalue weighted by atomic mass is 16.2. The molecular formula is C11H18N2O. The number of nitrogens with one attached hydrogen (secondary N) is 1. The molecule has 0 radical (unpaired) electrons. The Morgan fingerprint density at radius 3 is 2.93 bits per heavy atom. The normalized spacial score (nSPS) is 29.8. The Balaban J connectivity index is 1.90. The van der Waals surface area contributed by atoms with Gasteiger partial charge in [0.05, 0.1) is 0 Å². The first-order valence-electron chi connectivity index (χ1n) is 5.30. The van der Waals surface area contributed by atoms with E-state index in [-0.39, 0.29) is 5.91 Å². The average molecular weight is 194 g/mol. The molecule has 1 N–H and O–H groups in total. The summed E-state index contributed by atoms with van der Waals surface area (Å²) >= 11 is 0. The maximum atomic E-state index is 11.3. The summed E-state index contributed by atoms with van der Waals surface area (Å²) in [6.07, 6.45) is 3.82. The van der Waals surface area contributed by atoms with E-state index < -0.39 is 0 Å². The lowest BCUT2D eigenvalue weighted by atomic mass is 9.70. The van der Waals surface area contributed by atoms with Crippen molar-refractivity contribution in [1.29, 1.82) is 0 Å². The number of hydrogen-bond donors (Lipinski definition) is 1. The van der Waals surface area contributed by atoms with E-state index in [2.05, 4.69) is 18.8 Å². The third-order valence-electron chi connectivity index (χ3n) is 3.43. The summed E-state index contributed by atoms with van der Waals surface area (Å²) in [7, 11) is 0. The fraction of sp³-hybridized carbons (Fsp3) is 0.727. The van der Waals surface area contributed by atoms with Crippen LogP contribution >= 0.6 is 0 Å². The summed E-state index contributed by atoms with van der Waals surface area (Å²) in [4.78, 5) is 13.2. The van der Waals surface area contributed by atoms with Gasteiger partial charge in [-0.15, -0.1) is 0 Å². The number of likely N-dealkylation sites (tertiary alicyclic amines) is 1. The van der Waals surface area contributed by atoms with Crippen LogP contribution in [-0.2, 0) is 4.79 Å². The van der Waals surface area contributed by atoms with Gasteiger partial charge < -0.3 is 10.2 Å². The number of nitrogens with zero attached hydrogens (tertiary/aromatic N) is 1. The average Bonchev–Trinajstić information content (AvgIpc) is 2.13. The van der Waals surface area contributed by atoms with Crippen molar-refractivity contribution in [1.82, 2.24) is 10.2 Å². The number of amides is 1. The topological polar surface area (TPSA) is 32.3 Å². The summed E-state index contributed by atoms with van der Waals surface area (Å²) in [5, 5.41) is 3.44. The monoisotopic (exact) mass is 194 g/mol. The second kappa shape index (κ2) is 3.39. The van der Waals surface area contributed by atoms with Crippen molar-refractivity contribution in [3.05, 3.63) is 12.7 Å². The quantitative estimate of drug-likeness (QED) is 0.625. The number of hydrogen-bond acceptors (Lipinski definition) is 2. The van der Waals surface area contributed by atoms with Crippen LogP contribution < -0.4 is 5.32 Å². The predicted molar refractivity (Wildman–Crippen MR) is 55.9 cm³/mol. The fourth-order valence-electron chi connectivity index (χ4n) is 2.74. The van der Waals surface area contributed by atoms with E-state index in [0.29, 0.717) is 11.5 Å². The van der Waals surface area contributed by atoms with Gasteiger partial charge in [0.15, 0.2) is 0 Å². The van der Waals surface area contributed by atoms with Crippen molar-refractivity contribution in [3.63, 3.8) is 0 Å². The number of piperidine rings is 1. The van der Waals surface area contributed by atoms with Gasteiger partial charge in [-0.2, -0.15) is 0 Å². The highest BCUT2D eigenvalue weighted by Gasteiger charge is 2.46. The Morgan fingerprint density at radius 2 is 2.36 bits per heavy atom. The molecule has 3 nitrogen and oxygen atoms in total. The van der Waals surface area contributed by atoms with Gasteiger partial charge in [0, 0.05) is 24.5 Å². The van der Waals surface area contributed by atoms with E-state index in [4.69, 9.17) is 0 Å². The minimum absolute atomic E-state index is 0.0850. The van der Waals surface area contributed by atoms with E-state index in [1.54, 1.807) is 0 Å². The second-order valence-corrected chi connectivity index (χ2v) is 4.71. The SMILES string of the molecule is C=CC(=O)N1CC2(CCN[C@H](C)C2)C1. The van der Waals surface area contributed by atoms with Crippen molar-refractivity contribution in [2.45, 2.75) is 25.8 Å². The first-order chi connectivity index (χ1) is 6.65. The summed E-state index contributed by atoms with van der Waals surface area (Å²) in [5.74, 6) is 0.0850. The van der Waals surface area contributed by atoms with Crippen LogP contribution in [0.5, 0.6) is 0 Å². The predicted octanol–water partition coefficient (Wildman–Crippen LogP) is 0.773. The smallest absolute Gasteiger partial charge is 0.245 e. The molecule has 2 aliphatic rings. The molecule has 0 unspecified atom stereocenters. The molecule has 0 aliphatic carbocycles. The van der Waals surface area contributed by atoms with Crippen molar-refractivity contribution in [2.24, 2.45) is 5.41 Å². The van der Waals surface area contributed by atoms with Gasteiger partial charge in [-0.05, 0) is 32.4 Å². The van der Waals surface area contributed by atoms with Gasteiger partial charge in [-0.3, -0.25) is 4.79 Å². The summed E-state index contributed by atoms with van der Waals surface area (Å²) in [6.45, 7) is 8.69. The van der Waals surface area contributed by atoms with Crippen LogP contribution in [0.4, 0.5) is 0 Å². The van der Waals surface area contributed by atoms with Crippen molar-refractivity contribution in [2.75, 3.05) is 19.6 Å². The van der Waals surface area contributed by atoms with Gasteiger partial charge in [0.1, 0.15) is 0 Å². The van der Waals surface area contributed by atoms with Crippen LogP contribution in [0.25, 0.3) is 0 Å². The molecule has 14 heavy (non-hydrogen) atoms. The Kier molecular flexibility index (Phi) is 2.35. The summed E-state index contributed by atoms with van der Waals surface area (Å²) in [6, 6.07) is 0.602. The molecule has 0 aromatic heterocycles. The van der Waals surface area contributed by atoms with Gasteiger partial charge >= 0.3 is 0 Å². The Labute approximate surface area is 85.2 Å². The van der Waals surface area contributed by atoms with E-state index in [1.165, 1.54) is 18.9 Å². The summed E-state index contributed by atoms with van der Waals surface area (Å²) in [5.41, 5.74) is 0.420. The minimum Gasteiger partial charge on any atom is -0.338 e. The van der Waals surface area contributed by atoms with E-state index in [9.17, 15) is 4.79 Å². The maximum Gasteiger partial charge on any atom is 0.245 e. The Hall–Kier alpha value is -0.830. The van der Waals surface area contributed by atoms with Crippen LogP contribution in [0.1, 0.15) is 19.8 Å². The van der Waals surface area contributed by atoms with Crippen molar-refractivity contribution < 1.29 is 4.79 Å². The number of rotatable bonds is 1. The van der Waals surface area contributed by atoms with Crippen LogP contribution in [0.15, 0.2) is 12.7 Å². The molecule has 0 bridgehead atoms. The van der Waals surface area contributed by atoms with Crippen molar-refractivity contribution in [3.8, 4) is 0 Å². The number of carbonyl (C=O) groups is 1. The zero-order chi connectivity index (χ0) is 10.2. The van der Waals surface area contributed by atoms with Crippen LogP contribution in [-0.4, -0.2) is 36.5 Å². The highest BCUT2D eigenvalue weighted by molar-refractivity contribution is 5.87. The van der Waals surface area contributed by atoms with E-state index in [0.717, 1.165) is 19.6 Å². The molecule has 1 spiro atoms. The van der Waals surface area contributed by atoms with Crippen LogP contribution in [0.3, 0.4) is 0 Å². The molecule has 0 saturated carbocycles. The van der Waals surface area contributed by atoms with Gasteiger partial charge in [0.2, 0.25) is 5.91 Å². The van der Waals surface area contributed by atoms with E-state index >= 15 is 0 Å². The molecule has 2 aliphatic heterocycles. The Morgan fingerprint density at radius 1 is 1.64 bits per heavy atom. The van der Waals surface area contributed by atoms with Crippen LogP contribution in [0.2, 0.25) is 0 Å². The van der Waals surface area contributed by atoms with Gasteiger partial charge in [-0.25, -0.2) is 0 Å². The zero-order valence-corrected chi connectivity index (χ0v) is 8.75.